The molecule has 1 saturated heterocycles. The average Bonchev–Trinajstić information content (AvgIpc) is 2.63. The molecule has 15 heavy (non-hydrogen) atoms. The quantitative estimate of drug-likeness (QED) is 0.752. The third kappa shape index (κ3) is 2.39. The number of rotatable bonds is 3. The summed E-state index contributed by atoms with van der Waals surface area (Å²) >= 11 is 0. The summed E-state index contributed by atoms with van der Waals surface area (Å²) in [5.74, 6) is 0. The Morgan fingerprint density at radius 1 is 1.33 bits per heavy atom. The van der Waals surface area contributed by atoms with Crippen molar-refractivity contribution in [1.29, 1.82) is 0 Å². The highest BCUT2D eigenvalue weighted by Crippen LogP contribution is 2.29. The first-order valence-electron chi connectivity index (χ1n) is 5.72. The monoisotopic (exact) mass is 205 g/mol. The van der Waals surface area contributed by atoms with E-state index in [0.717, 1.165) is 13.0 Å². The topological polar surface area (TPSA) is 12.5 Å². The van der Waals surface area contributed by atoms with Crippen LogP contribution in [0.15, 0.2) is 30.3 Å². The smallest absolute Gasteiger partial charge is 0.111 e. The molecule has 2 rings (SSSR count). The lowest BCUT2D eigenvalue weighted by molar-refractivity contribution is 0.00145. The van der Waals surface area contributed by atoms with Gasteiger partial charge in [0.25, 0.3) is 0 Å². The van der Waals surface area contributed by atoms with Gasteiger partial charge < -0.3 is 4.74 Å². The second kappa shape index (κ2) is 4.77. The number of hydrogen-bond donors (Lipinski definition) is 0. The molecule has 1 aliphatic heterocycles. The van der Waals surface area contributed by atoms with Crippen molar-refractivity contribution in [1.82, 2.24) is 4.90 Å². The van der Waals surface area contributed by atoms with E-state index in [4.69, 9.17) is 4.74 Å². The molecule has 0 aliphatic carbocycles. The van der Waals surface area contributed by atoms with Crippen molar-refractivity contribution in [3.05, 3.63) is 35.9 Å². The Balaban J connectivity index is 2.03. The van der Waals surface area contributed by atoms with Gasteiger partial charge in [0.05, 0.1) is 6.10 Å². The van der Waals surface area contributed by atoms with Crippen molar-refractivity contribution in [3.8, 4) is 0 Å². The molecule has 82 valence electrons. The molecule has 0 aromatic heterocycles. The Morgan fingerprint density at radius 2 is 2.07 bits per heavy atom. The Morgan fingerprint density at radius 3 is 2.73 bits per heavy atom. The zero-order valence-corrected chi connectivity index (χ0v) is 9.52. The minimum Gasteiger partial charge on any atom is -0.354 e. The number of benzene rings is 1. The maximum absolute atomic E-state index is 6.03. The summed E-state index contributed by atoms with van der Waals surface area (Å²) in [5, 5.41) is 0. The molecule has 0 bridgehead atoms. The molecule has 1 aromatic rings. The lowest BCUT2D eigenvalue weighted by Gasteiger charge is -2.16. The van der Waals surface area contributed by atoms with Gasteiger partial charge in [-0.15, -0.1) is 0 Å². The summed E-state index contributed by atoms with van der Waals surface area (Å²) in [6.45, 7) is 3.21. The molecule has 2 heteroatoms. The number of ether oxygens (including phenoxy) is 1. The van der Waals surface area contributed by atoms with Crippen LogP contribution in [0.3, 0.4) is 0 Å². The van der Waals surface area contributed by atoms with Crippen LogP contribution in [0.5, 0.6) is 0 Å². The second-order valence-electron chi connectivity index (χ2n) is 4.22. The van der Waals surface area contributed by atoms with Crippen molar-refractivity contribution in [2.45, 2.75) is 32.1 Å². The molecule has 0 unspecified atom stereocenters. The van der Waals surface area contributed by atoms with E-state index < -0.39 is 0 Å². The van der Waals surface area contributed by atoms with E-state index in [0.29, 0.717) is 6.23 Å². The maximum atomic E-state index is 6.03. The molecule has 1 fully saturated rings. The van der Waals surface area contributed by atoms with E-state index >= 15 is 0 Å². The van der Waals surface area contributed by atoms with Gasteiger partial charge in [-0.2, -0.15) is 0 Å². The number of hydrogen-bond acceptors (Lipinski definition) is 2. The van der Waals surface area contributed by atoms with Crippen LogP contribution in [-0.2, 0) is 4.74 Å². The van der Waals surface area contributed by atoms with Crippen molar-refractivity contribution in [2.75, 3.05) is 13.6 Å². The van der Waals surface area contributed by atoms with Crippen LogP contribution in [0.4, 0.5) is 0 Å². The van der Waals surface area contributed by atoms with Crippen LogP contribution in [-0.4, -0.2) is 24.7 Å². The number of nitrogens with zero attached hydrogens (tertiary/aromatic N) is 1. The fraction of sp³-hybridized carbons (Fsp3) is 0.538. The Labute approximate surface area is 91.9 Å². The largest absolute Gasteiger partial charge is 0.354 e. The summed E-state index contributed by atoms with van der Waals surface area (Å²) in [7, 11) is 2.14. The van der Waals surface area contributed by atoms with Crippen LogP contribution < -0.4 is 0 Å². The first kappa shape index (κ1) is 10.7. The van der Waals surface area contributed by atoms with Gasteiger partial charge in [-0.3, -0.25) is 4.90 Å². The van der Waals surface area contributed by atoms with Gasteiger partial charge in [0.1, 0.15) is 6.23 Å². The molecular formula is C13H19NO. The molecular weight excluding hydrogens is 186 g/mol. The maximum Gasteiger partial charge on any atom is 0.111 e. The second-order valence-corrected chi connectivity index (χ2v) is 4.22. The zero-order valence-electron chi connectivity index (χ0n) is 9.52. The highest BCUT2D eigenvalue weighted by molar-refractivity contribution is 5.18. The fourth-order valence-electron chi connectivity index (χ4n) is 2.10. The normalized spacial score (nSPS) is 27.1. The molecule has 0 amide bonds. The summed E-state index contributed by atoms with van der Waals surface area (Å²) < 4.78 is 6.03. The molecule has 0 spiro atoms. The SMILES string of the molecule is CCC[C@@H]1O[C@H](c2ccccc2)CN1C. The Bertz CT molecular complexity index is 299. The van der Waals surface area contributed by atoms with Crippen LogP contribution in [0.25, 0.3) is 0 Å². The first-order valence-corrected chi connectivity index (χ1v) is 5.72. The predicted molar refractivity (Wildman–Crippen MR) is 61.6 cm³/mol. The van der Waals surface area contributed by atoms with E-state index in [1.54, 1.807) is 0 Å². The Kier molecular flexibility index (Phi) is 3.39. The van der Waals surface area contributed by atoms with Crippen LogP contribution in [0, 0.1) is 0 Å². The third-order valence-electron chi connectivity index (χ3n) is 2.97. The lowest BCUT2D eigenvalue weighted by atomic mass is 10.1. The van der Waals surface area contributed by atoms with Gasteiger partial charge >= 0.3 is 0 Å². The van der Waals surface area contributed by atoms with E-state index in [2.05, 4.69) is 43.1 Å². The average molecular weight is 205 g/mol. The molecule has 2 nitrogen and oxygen atoms in total. The predicted octanol–water partition coefficient (Wildman–Crippen LogP) is 2.82. The van der Waals surface area contributed by atoms with Crippen LogP contribution in [0.2, 0.25) is 0 Å². The van der Waals surface area contributed by atoms with Crippen molar-refractivity contribution in [2.24, 2.45) is 0 Å². The molecule has 0 saturated carbocycles. The van der Waals surface area contributed by atoms with Gasteiger partial charge in [0, 0.05) is 6.54 Å². The van der Waals surface area contributed by atoms with E-state index in [1.807, 2.05) is 6.07 Å². The highest BCUT2D eigenvalue weighted by Gasteiger charge is 2.29. The van der Waals surface area contributed by atoms with Crippen LogP contribution >= 0.6 is 0 Å². The molecule has 1 aromatic carbocycles. The lowest BCUT2D eigenvalue weighted by Crippen LogP contribution is -2.25. The molecule has 1 aliphatic rings. The van der Waals surface area contributed by atoms with Gasteiger partial charge in [-0.1, -0.05) is 43.7 Å². The summed E-state index contributed by atoms with van der Waals surface area (Å²) in [4.78, 5) is 2.31. The minimum absolute atomic E-state index is 0.257. The van der Waals surface area contributed by atoms with Gasteiger partial charge in [-0.25, -0.2) is 0 Å². The Hall–Kier alpha value is -0.860. The van der Waals surface area contributed by atoms with Crippen LogP contribution in [0.1, 0.15) is 31.4 Å². The number of likely N-dealkylation sites (N-methyl/N-ethyl adjacent to an activating group) is 1. The third-order valence-corrected chi connectivity index (χ3v) is 2.97. The van der Waals surface area contributed by atoms with Crippen molar-refractivity contribution in [3.63, 3.8) is 0 Å². The molecule has 2 atom stereocenters. The van der Waals surface area contributed by atoms with E-state index in [9.17, 15) is 0 Å². The summed E-state index contributed by atoms with van der Waals surface area (Å²) in [6, 6.07) is 10.5. The molecule has 0 radical (unpaired) electrons. The summed E-state index contributed by atoms with van der Waals surface area (Å²) in [6.07, 6.45) is 2.86. The zero-order chi connectivity index (χ0) is 10.7. The van der Waals surface area contributed by atoms with Gasteiger partial charge in [-0.05, 0) is 19.0 Å². The first-order chi connectivity index (χ1) is 7.31. The summed E-state index contributed by atoms with van der Waals surface area (Å²) in [5.41, 5.74) is 1.29. The van der Waals surface area contributed by atoms with Gasteiger partial charge in [0.15, 0.2) is 0 Å². The minimum atomic E-state index is 0.257. The van der Waals surface area contributed by atoms with E-state index in [-0.39, 0.29) is 6.10 Å². The highest BCUT2D eigenvalue weighted by atomic mass is 16.5. The van der Waals surface area contributed by atoms with E-state index in [1.165, 1.54) is 12.0 Å². The van der Waals surface area contributed by atoms with Crippen molar-refractivity contribution >= 4 is 0 Å². The molecule has 0 N–H and O–H groups in total. The molecule has 1 heterocycles. The standard InChI is InChI=1S/C13H19NO/c1-3-7-13-14(2)10-12(15-13)11-8-5-4-6-9-11/h4-6,8-9,12-13H,3,7,10H2,1-2H3/t12-,13-/m0/s1. The van der Waals surface area contributed by atoms with Crippen molar-refractivity contribution < 1.29 is 4.74 Å². The van der Waals surface area contributed by atoms with Gasteiger partial charge in [0.2, 0.25) is 0 Å². The fourth-order valence-corrected chi connectivity index (χ4v) is 2.10.